The van der Waals surface area contributed by atoms with Crippen LogP contribution in [-0.4, -0.2) is 16.7 Å². The standard InChI is InChI=1S/C34H26N2O4/c1-21-9-8-12-24(17-21)19-35-27-14-7-6-13-26(27)34(33(35)39)29-30(37)25-18-22(2)15-16-28(25)40-31(29)32(38)36(34)20-23-10-4-3-5-11-23/h3-18H,19-20H2,1-2H3. The zero-order chi connectivity index (χ0) is 27.6. The number of rotatable bonds is 4. The lowest BCUT2D eigenvalue weighted by Gasteiger charge is -2.34. The molecule has 6 heteroatoms. The molecule has 0 bridgehead atoms. The van der Waals surface area contributed by atoms with Gasteiger partial charge >= 0.3 is 0 Å². The summed E-state index contributed by atoms with van der Waals surface area (Å²) in [6.45, 7) is 4.35. The Morgan fingerprint density at radius 2 is 1.45 bits per heavy atom. The molecule has 7 rings (SSSR count). The zero-order valence-corrected chi connectivity index (χ0v) is 22.2. The van der Waals surface area contributed by atoms with Crippen LogP contribution in [-0.2, 0) is 23.4 Å². The number of fused-ring (bicyclic) bond motifs is 5. The first kappa shape index (κ1) is 24.1. The summed E-state index contributed by atoms with van der Waals surface area (Å²) in [5, 5.41) is 0.356. The Hall–Kier alpha value is -4.97. The average Bonchev–Trinajstić information content (AvgIpc) is 3.34. The lowest BCUT2D eigenvalue weighted by molar-refractivity contribution is -0.126. The minimum absolute atomic E-state index is 0.0714. The Morgan fingerprint density at radius 1 is 0.725 bits per heavy atom. The number of hydrogen-bond acceptors (Lipinski definition) is 4. The number of carbonyl (C=O) groups excluding carboxylic acids is 2. The highest BCUT2D eigenvalue weighted by Gasteiger charge is 2.64. The molecule has 6 nitrogen and oxygen atoms in total. The fourth-order valence-electron chi connectivity index (χ4n) is 6.24. The van der Waals surface area contributed by atoms with Gasteiger partial charge in [0.15, 0.2) is 11.0 Å². The van der Waals surface area contributed by atoms with Gasteiger partial charge in [0.05, 0.1) is 23.2 Å². The summed E-state index contributed by atoms with van der Waals surface area (Å²) in [7, 11) is 0. The van der Waals surface area contributed by atoms with Crippen molar-refractivity contribution in [2.24, 2.45) is 0 Å². The van der Waals surface area contributed by atoms with Crippen molar-refractivity contribution in [3.05, 3.63) is 146 Å². The van der Waals surface area contributed by atoms with Gasteiger partial charge in [-0.2, -0.15) is 0 Å². The number of benzene rings is 4. The molecule has 0 radical (unpaired) electrons. The van der Waals surface area contributed by atoms with Crippen molar-refractivity contribution in [3.8, 4) is 0 Å². The van der Waals surface area contributed by atoms with Crippen molar-refractivity contribution in [1.82, 2.24) is 4.90 Å². The number of nitrogens with zero attached hydrogens (tertiary/aromatic N) is 2. The Kier molecular flexibility index (Phi) is 5.29. The van der Waals surface area contributed by atoms with Gasteiger partial charge in [-0.15, -0.1) is 0 Å². The topological polar surface area (TPSA) is 70.8 Å². The van der Waals surface area contributed by atoms with Crippen LogP contribution in [0.3, 0.4) is 0 Å². The normalized spacial score (nSPS) is 17.6. The van der Waals surface area contributed by atoms with E-state index in [0.717, 1.165) is 22.3 Å². The number of anilines is 1. The molecule has 5 aromatic rings. The van der Waals surface area contributed by atoms with Crippen molar-refractivity contribution in [2.75, 3.05) is 4.90 Å². The van der Waals surface area contributed by atoms with E-state index in [9.17, 15) is 14.4 Å². The second kappa shape index (κ2) is 8.78. The summed E-state index contributed by atoms with van der Waals surface area (Å²) in [5.74, 6) is -0.880. The summed E-state index contributed by atoms with van der Waals surface area (Å²) in [5.41, 5.74) is 3.47. The quantitative estimate of drug-likeness (QED) is 0.294. The lowest BCUT2D eigenvalue weighted by atomic mass is 9.83. The lowest BCUT2D eigenvalue weighted by Crippen LogP contribution is -2.52. The third-order valence-electron chi connectivity index (χ3n) is 8.00. The van der Waals surface area contributed by atoms with E-state index in [2.05, 4.69) is 0 Å². The molecule has 196 valence electrons. The maximum absolute atomic E-state index is 14.9. The summed E-state index contributed by atoms with van der Waals surface area (Å²) in [6, 6.07) is 30.3. The molecule has 0 fully saturated rings. The highest BCUT2D eigenvalue weighted by atomic mass is 16.3. The molecule has 0 N–H and O–H groups in total. The molecular weight excluding hydrogens is 500 g/mol. The van der Waals surface area contributed by atoms with Gasteiger partial charge in [-0.05, 0) is 43.2 Å². The van der Waals surface area contributed by atoms with Crippen LogP contribution >= 0.6 is 0 Å². The van der Waals surface area contributed by atoms with Gasteiger partial charge in [0.2, 0.25) is 5.76 Å². The summed E-state index contributed by atoms with van der Waals surface area (Å²) in [4.78, 5) is 46.7. The third kappa shape index (κ3) is 3.32. The Balaban J connectivity index is 1.52. The molecule has 0 saturated carbocycles. The van der Waals surface area contributed by atoms with Crippen molar-refractivity contribution < 1.29 is 14.0 Å². The summed E-state index contributed by atoms with van der Waals surface area (Å²) >= 11 is 0. The predicted molar refractivity (Wildman–Crippen MR) is 153 cm³/mol. The predicted octanol–water partition coefficient (Wildman–Crippen LogP) is 5.86. The third-order valence-corrected chi connectivity index (χ3v) is 8.00. The van der Waals surface area contributed by atoms with Crippen LogP contribution in [0.25, 0.3) is 11.0 Å². The second-order valence-electron chi connectivity index (χ2n) is 10.6. The van der Waals surface area contributed by atoms with Gasteiger partial charge in [0.1, 0.15) is 5.58 Å². The largest absolute Gasteiger partial charge is 0.450 e. The minimum Gasteiger partial charge on any atom is -0.450 e. The van der Waals surface area contributed by atoms with Crippen LogP contribution in [0.2, 0.25) is 0 Å². The summed E-state index contributed by atoms with van der Waals surface area (Å²) in [6.07, 6.45) is 0. The van der Waals surface area contributed by atoms with Crippen LogP contribution < -0.4 is 10.3 Å². The minimum atomic E-state index is -1.65. The van der Waals surface area contributed by atoms with E-state index in [1.54, 1.807) is 17.0 Å². The SMILES string of the molecule is Cc1cccc(CN2C(=O)C3(c4ccccc42)c2c(oc4ccc(C)cc4c2=O)C(=O)N3Cc2ccccc2)c1. The number of hydrogen-bond donors (Lipinski definition) is 0. The van der Waals surface area contributed by atoms with E-state index in [1.807, 2.05) is 98.8 Å². The molecule has 2 aliphatic rings. The van der Waals surface area contributed by atoms with Crippen LogP contribution in [0.1, 0.15) is 43.9 Å². The van der Waals surface area contributed by atoms with Crippen LogP contribution in [0.5, 0.6) is 0 Å². The molecule has 3 heterocycles. The molecule has 1 unspecified atom stereocenters. The molecule has 1 aromatic heterocycles. The van der Waals surface area contributed by atoms with Gasteiger partial charge in [0, 0.05) is 12.1 Å². The Labute approximate surface area is 231 Å². The monoisotopic (exact) mass is 526 g/mol. The molecule has 0 saturated heterocycles. The molecular formula is C34H26N2O4. The van der Waals surface area contributed by atoms with Crippen molar-refractivity contribution in [3.63, 3.8) is 0 Å². The number of para-hydroxylation sites is 1. The van der Waals surface area contributed by atoms with Crippen molar-refractivity contribution in [2.45, 2.75) is 32.5 Å². The Morgan fingerprint density at radius 3 is 2.25 bits per heavy atom. The second-order valence-corrected chi connectivity index (χ2v) is 10.6. The van der Waals surface area contributed by atoms with E-state index in [1.165, 1.54) is 4.90 Å². The summed E-state index contributed by atoms with van der Waals surface area (Å²) < 4.78 is 6.18. The molecule has 2 amide bonds. The first-order chi connectivity index (χ1) is 19.4. The van der Waals surface area contributed by atoms with Gasteiger partial charge in [0.25, 0.3) is 11.8 Å². The van der Waals surface area contributed by atoms with Gasteiger partial charge in [-0.25, -0.2) is 0 Å². The van der Waals surface area contributed by atoms with Crippen molar-refractivity contribution >= 4 is 28.5 Å². The van der Waals surface area contributed by atoms with Crippen LogP contribution in [0.4, 0.5) is 5.69 Å². The van der Waals surface area contributed by atoms with Gasteiger partial charge < -0.3 is 14.2 Å². The highest BCUT2D eigenvalue weighted by Crippen LogP contribution is 2.53. The van der Waals surface area contributed by atoms with E-state index in [4.69, 9.17) is 4.42 Å². The van der Waals surface area contributed by atoms with Crippen LogP contribution in [0, 0.1) is 13.8 Å². The maximum Gasteiger partial charge on any atom is 0.291 e. The smallest absolute Gasteiger partial charge is 0.291 e. The Bertz CT molecular complexity index is 1910. The molecule has 1 atom stereocenters. The highest BCUT2D eigenvalue weighted by molar-refractivity contribution is 6.17. The molecule has 1 spiro atoms. The number of carbonyl (C=O) groups is 2. The van der Waals surface area contributed by atoms with Crippen molar-refractivity contribution in [1.29, 1.82) is 0 Å². The zero-order valence-electron chi connectivity index (χ0n) is 22.2. The van der Waals surface area contributed by atoms with Crippen LogP contribution in [0.15, 0.2) is 106 Å². The molecule has 2 aliphatic heterocycles. The fourth-order valence-corrected chi connectivity index (χ4v) is 6.24. The van der Waals surface area contributed by atoms with Gasteiger partial charge in [-0.1, -0.05) is 90.0 Å². The van der Waals surface area contributed by atoms with E-state index >= 15 is 0 Å². The molecule has 4 aromatic carbocycles. The van der Waals surface area contributed by atoms with E-state index in [0.29, 0.717) is 28.8 Å². The fraction of sp³-hybridized carbons (Fsp3) is 0.147. The van der Waals surface area contributed by atoms with E-state index < -0.39 is 11.4 Å². The van der Waals surface area contributed by atoms with E-state index in [-0.39, 0.29) is 29.2 Å². The average molecular weight is 527 g/mol. The van der Waals surface area contributed by atoms with Gasteiger partial charge in [-0.3, -0.25) is 14.4 Å². The first-order valence-electron chi connectivity index (χ1n) is 13.3. The molecule has 40 heavy (non-hydrogen) atoms. The first-order valence-corrected chi connectivity index (χ1v) is 13.3. The number of amides is 2. The number of aryl methyl sites for hydroxylation is 2. The maximum atomic E-state index is 14.9. The molecule has 0 aliphatic carbocycles.